The lowest BCUT2D eigenvalue weighted by atomic mass is 10.2. The molecule has 2 rings (SSSR count). The molecule has 7 nitrogen and oxygen atoms in total. The van der Waals surface area contributed by atoms with Gasteiger partial charge >= 0.3 is 0 Å². The fourth-order valence-corrected chi connectivity index (χ4v) is 3.75. The molecule has 1 aromatic rings. The maximum absolute atomic E-state index is 12.4. The summed E-state index contributed by atoms with van der Waals surface area (Å²) in [6.07, 6.45) is 1.49. The van der Waals surface area contributed by atoms with Gasteiger partial charge < -0.3 is 9.64 Å². The van der Waals surface area contributed by atoms with Crippen molar-refractivity contribution < 1.29 is 13.2 Å². The fourth-order valence-electron chi connectivity index (χ4n) is 2.41. The van der Waals surface area contributed by atoms with Crippen LogP contribution in [0.1, 0.15) is 19.4 Å². The van der Waals surface area contributed by atoms with Gasteiger partial charge in [-0.2, -0.15) is 17.4 Å². The molecule has 1 aromatic heterocycles. The Bertz CT molecular complexity index is 596. The molecule has 0 saturated carbocycles. The van der Waals surface area contributed by atoms with Crippen LogP contribution in [0.4, 0.5) is 5.82 Å². The van der Waals surface area contributed by atoms with Crippen LogP contribution in [0.5, 0.6) is 0 Å². The Kier molecular flexibility index (Phi) is 5.38. The van der Waals surface area contributed by atoms with Crippen LogP contribution in [0.15, 0.2) is 18.3 Å². The Morgan fingerprint density at radius 2 is 2.00 bits per heavy atom. The molecular formula is C14H24N4O3S. The zero-order chi connectivity index (χ0) is 16.3. The number of anilines is 1. The molecule has 1 aliphatic rings. The second kappa shape index (κ2) is 6.91. The van der Waals surface area contributed by atoms with Gasteiger partial charge in [0.25, 0.3) is 10.2 Å². The normalized spacial score (nSPS) is 23.5. The lowest BCUT2D eigenvalue weighted by molar-refractivity contribution is -0.0444. The standard InChI is InChI=1S/C14H24N4O3S/c1-11-9-18(10-12(2)21-11)22(19,20)16-8-13-5-6-15-14(7-13)17(3)4/h5-7,11-12,16H,8-10H2,1-4H3/t11-,12-/m1/s1. The average Bonchev–Trinajstić information content (AvgIpc) is 2.44. The maximum Gasteiger partial charge on any atom is 0.279 e. The lowest BCUT2D eigenvalue weighted by Crippen LogP contribution is -2.51. The third kappa shape index (κ3) is 4.39. The third-order valence-corrected chi connectivity index (χ3v) is 4.94. The molecule has 1 aliphatic heterocycles. The summed E-state index contributed by atoms with van der Waals surface area (Å²) in [6, 6.07) is 3.67. The first-order valence-electron chi connectivity index (χ1n) is 7.30. The summed E-state index contributed by atoms with van der Waals surface area (Å²) in [7, 11) is 0.280. The second-order valence-corrected chi connectivity index (χ2v) is 7.57. The van der Waals surface area contributed by atoms with Gasteiger partial charge in [0.05, 0.1) is 12.2 Å². The van der Waals surface area contributed by atoms with Crippen LogP contribution < -0.4 is 9.62 Å². The van der Waals surface area contributed by atoms with E-state index in [9.17, 15) is 8.42 Å². The second-order valence-electron chi connectivity index (χ2n) is 5.82. The molecular weight excluding hydrogens is 304 g/mol. The molecule has 0 aromatic carbocycles. The van der Waals surface area contributed by atoms with Gasteiger partial charge in [0.2, 0.25) is 0 Å². The quantitative estimate of drug-likeness (QED) is 0.856. The summed E-state index contributed by atoms with van der Waals surface area (Å²) >= 11 is 0. The Morgan fingerprint density at radius 1 is 1.36 bits per heavy atom. The van der Waals surface area contributed by atoms with Gasteiger partial charge in [0.15, 0.2) is 0 Å². The number of hydrogen-bond donors (Lipinski definition) is 1. The van der Waals surface area contributed by atoms with E-state index in [-0.39, 0.29) is 18.8 Å². The predicted molar refractivity (Wildman–Crippen MR) is 85.9 cm³/mol. The topological polar surface area (TPSA) is 74.8 Å². The van der Waals surface area contributed by atoms with E-state index < -0.39 is 10.2 Å². The zero-order valence-corrected chi connectivity index (χ0v) is 14.3. The van der Waals surface area contributed by atoms with Crippen molar-refractivity contribution in [1.82, 2.24) is 14.0 Å². The lowest BCUT2D eigenvalue weighted by Gasteiger charge is -2.34. The smallest absolute Gasteiger partial charge is 0.279 e. The molecule has 0 unspecified atom stereocenters. The molecule has 22 heavy (non-hydrogen) atoms. The minimum absolute atomic E-state index is 0.0957. The summed E-state index contributed by atoms with van der Waals surface area (Å²) in [4.78, 5) is 6.09. The highest BCUT2D eigenvalue weighted by molar-refractivity contribution is 7.87. The number of rotatable bonds is 5. The Hall–Kier alpha value is -1.22. The molecule has 1 saturated heterocycles. The molecule has 1 N–H and O–H groups in total. The van der Waals surface area contributed by atoms with E-state index in [0.29, 0.717) is 13.1 Å². The summed E-state index contributed by atoms with van der Waals surface area (Å²) in [6.45, 7) is 4.75. The minimum Gasteiger partial charge on any atom is -0.373 e. The van der Waals surface area contributed by atoms with Crippen molar-refractivity contribution in [2.45, 2.75) is 32.6 Å². The molecule has 0 radical (unpaired) electrons. The van der Waals surface area contributed by atoms with Crippen molar-refractivity contribution in [3.05, 3.63) is 23.9 Å². The highest BCUT2D eigenvalue weighted by Crippen LogP contribution is 2.14. The van der Waals surface area contributed by atoms with Crippen LogP contribution in [0.25, 0.3) is 0 Å². The summed E-state index contributed by atoms with van der Waals surface area (Å²) in [5, 5.41) is 0. The number of aromatic nitrogens is 1. The summed E-state index contributed by atoms with van der Waals surface area (Å²) in [5.74, 6) is 0.797. The molecule has 1 fully saturated rings. The molecule has 2 heterocycles. The van der Waals surface area contributed by atoms with Gasteiger partial charge in [-0.15, -0.1) is 0 Å². The van der Waals surface area contributed by atoms with E-state index in [1.54, 1.807) is 12.3 Å². The number of pyridine rings is 1. The van der Waals surface area contributed by atoms with Crippen molar-refractivity contribution in [1.29, 1.82) is 0 Å². The Balaban J connectivity index is 2.02. The monoisotopic (exact) mass is 328 g/mol. The number of nitrogens with zero attached hydrogens (tertiary/aromatic N) is 3. The summed E-state index contributed by atoms with van der Waals surface area (Å²) in [5.41, 5.74) is 0.872. The largest absolute Gasteiger partial charge is 0.373 e. The highest BCUT2D eigenvalue weighted by atomic mass is 32.2. The molecule has 0 aliphatic carbocycles. The Labute approximate surface area is 132 Å². The number of ether oxygens (including phenoxy) is 1. The molecule has 124 valence electrons. The van der Waals surface area contributed by atoms with Crippen molar-refractivity contribution in [2.75, 3.05) is 32.1 Å². The van der Waals surface area contributed by atoms with Crippen LogP contribution in [-0.4, -0.2) is 57.1 Å². The zero-order valence-electron chi connectivity index (χ0n) is 13.5. The van der Waals surface area contributed by atoms with Crippen LogP contribution in [0.3, 0.4) is 0 Å². The molecule has 8 heteroatoms. The van der Waals surface area contributed by atoms with Gasteiger partial charge in [-0.25, -0.2) is 4.98 Å². The average molecular weight is 328 g/mol. The first-order valence-corrected chi connectivity index (χ1v) is 8.74. The number of nitrogens with one attached hydrogen (secondary N) is 1. The van der Waals surface area contributed by atoms with Crippen molar-refractivity contribution >= 4 is 16.0 Å². The van der Waals surface area contributed by atoms with E-state index >= 15 is 0 Å². The van der Waals surface area contributed by atoms with E-state index in [4.69, 9.17) is 4.74 Å². The molecule has 0 spiro atoms. The number of morpholine rings is 1. The van der Waals surface area contributed by atoms with Crippen molar-refractivity contribution in [2.24, 2.45) is 0 Å². The highest BCUT2D eigenvalue weighted by Gasteiger charge is 2.30. The third-order valence-electron chi connectivity index (χ3n) is 3.45. The molecule has 0 amide bonds. The fraction of sp³-hybridized carbons (Fsp3) is 0.643. The molecule has 0 bridgehead atoms. The minimum atomic E-state index is -3.51. The van der Waals surface area contributed by atoms with Gasteiger partial charge in [-0.3, -0.25) is 0 Å². The van der Waals surface area contributed by atoms with Crippen molar-refractivity contribution in [3.8, 4) is 0 Å². The van der Waals surface area contributed by atoms with Gasteiger partial charge in [0.1, 0.15) is 5.82 Å². The van der Waals surface area contributed by atoms with Gasteiger partial charge in [-0.1, -0.05) is 0 Å². The van der Waals surface area contributed by atoms with E-state index in [0.717, 1.165) is 11.4 Å². The van der Waals surface area contributed by atoms with Crippen LogP contribution in [0.2, 0.25) is 0 Å². The SMILES string of the molecule is C[C@@H]1CN(S(=O)(=O)NCc2ccnc(N(C)C)c2)C[C@@H](C)O1. The van der Waals surface area contributed by atoms with E-state index in [1.165, 1.54) is 4.31 Å². The molecule has 2 atom stereocenters. The maximum atomic E-state index is 12.4. The summed E-state index contributed by atoms with van der Waals surface area (Å²) < 4.78 is 34.5. The van der Waals surface area contributed by atoms with Gasteiger partial charge in [-0.05, 0) is 31.5 Å². The first-order chi connectivity index (χ1) is 10.3. The predicted octanol–water partition coefficient (Wildman–Crippen LogP) is 0.591. The van der Waals surface area contributed by atoms with Crippen LogP contribution in [-0.2, 0) is 21.5 Å². The van der Waals surface area contributed by atoms with E-state index in [1.807, 2.05) is 38.9 Å². The van der Waals surface area contributed by atoms with Crippen LogP contribution in [0, 0.1) is 0 Å². The van der Waals surface area contributed by atoms with E-state index in [2.05, 4.69) is 9.71 Å². The first kappa shape index (κ1) is 17.1. The van der Waals surface area contributed by atoms with Crippen molar-refractivity contribution in [3.63, 3.8) is 0 Å². The Morgan fingerprint density at radius 3 is 2.59 bits per heavy atom. The van der Waals surface area contributed by atoms with Crippen LogP contribution >= 0.6 is 0 Å². The number of hydrogen-bond acceptors (Lipinski definition) is 5. The van der Waals surface area contributed by atoms with Gasteiger partial charge in [0, 0.05) is 39.9 Å².